The number of carbonyl (C=O) groups is 1. The first kappa shape index (κ1) is 17.2. The van der Waals surface area contributed by atoms with Crippen LogP contribution in [0.25, 0.3) is 11.0 Å². The predicted octanol–water partition coefficient (Wildman–Crippen LogP) is 1.96. The van der Waals surface area contributed by atoms with Crippen molar-refractivity contribution in [1.29, 1.82) is 0 Å². The summed E-state index contributed by atoms with van der Waals surface area (Å²) >= 11 is 1.21. The highest BCUT2D eigenvalue weighted by Crippen LogP contribution is 2.23. The molecule has 1 aromatic carbocycles. The molecule has 1 aliphatic heterocycles. The summed E-state index contributed by atoms with van der Waals surface area (Å²) in [6.45, 7) is 1.34. The smallest absolute Gasteiger partial charge is 0.252 e. The summed E-state index contributed by atoms with van der Waals surface area (Å²) in [7, 11) is -3.46. The fourth-order valence-corrected chi connectivity index (χ4v) is 5.60. The number of hydrogen-bond donors (Lipinski definition) is 0. The molecule has 7 nitrogen and oxygen atoms in total. The van der Waals surface area contributed by atoms with Crippen molar-refractivity contribution in [2.75, 3.05) is 26.2 Å². The summed E-state index contributed by atoms with van der Waals surface area (Å²) in [6.07, 6.45) is 0.148. The lowest BCUT2D eigenvalue weighted by atomic mass is 10.1. The van der Waals surface area contributed by atoms with Gasteiger partial charge in [0.1, 0.15) is 9.90 Å². The van der Waals surface area contributed by atoms with Crippen LogP contribution in [-0.2, 0) is 21.2 Å². The Hall–Kier alpha value is -2.23. The summed E-state index contributed by atoms with van der Waals surface area (Å²) in [6, 6.07) is 10.7. The number of piperazine rings is 1. The van der Waals surface area contributed by atoms with Gasteiger partial charge >= 0.3 is 0 Å². The quantitative estimate of drug-likeness (QED) is 0.679. The molecule has 0 unspecified atom stereocenters. The van der Waals surface area contributed by atoms with Crippen LogP contribution in [0.3, 0.4) is 0 Å². The topological polar surface area (TPSA) is 83.7 Å². The minimum absolute atomic E-state index is 0.0720. The summed E-state index contributed by atoms with van der Waals surface area (Å²) in [5.74, 6) is -0.0720. The van der Waals surface area contributed by atoms with E-state index in [0.29, 0.717) is 41.7 Å². The molecule has 1 saturated heterocycles. The number of thiophene rings is 1. The van der Waals surface area contributed by atoms with Gasteiger partial charge in [-0.05, 0) is 23.6 Å². The number of nitrogens with zero attached hydrogens (tertiary/aromatic N) is 3. The summed E-state index contributed by atoms with van der Waals surface area (Å²) in [4.78, 5) is 14.3. The van der Waals surface area contributed by atoms with Crippen LogP contribution in [0.15, 0.2) is 50.5 Å². The molecule has 26 heavy (non-hydrogen) atoms. The van der Waals surface area contributed by atoms with Crippen molar-refractivity contribution in [2.24, 2.45) is 0 Å². The van der Waals surface area contributed by atoms with Crippen molar-refractivity contribution in [3.63, 3.8) is 0 Å². The largest absolute Gasteiger partial charge is 0.356 e. The Labute approximate surface area is 154 Å². The molecule has 136 valence electrons. The molecule has 0 saturated carbocycles. The van der Waals surface area contributed by atoms with Crippen LogP contribution in [0.4, 0.5) is 0 Å². The Bertz CT molecular complexity index is 1020. The van der Waals surface area contributed by atoms with Crippen molar-refractivity contribution in [2.45, 2.75) is 10.6 Å². The van der Waals surface area contributed by atoms with Crippen molar-refractivity contribution >= 4 is 38.2 Å². The number of para-hydroxylation sites is 1. The highest BCUT2D eigenvalue weighted by molar-refractivity contribution is 7.91. The Morgan fingerprint density at radius 1 is 1.12 bits per heavy atom. The van der Waals surface area contributed by atoms with E-state index in [0.717, 1.165) is 5.39 Å². The lowest BCUT2D eigenvalue weighted by Gasteiger charge is -2.33. The Morgan fingerprint density at radius 2 is 1.88 bits per heavy atom. The van der Waals surface area contributed by atoms with Gasteiger partial charge in [0.2, 0.25) is 5.91 Å². The molecule has 0 radical (unpaired) electrons. The first-order valence-electron chi connectivity index (χ1n) is 8.20. The van der Waals surface area contributed by atoms with Crippen LogP contribution in [0.2, 0.25) is 0 Å². The van der Waals surface area contributed by atoms with E-state index in [1.54, 1.807) is 22.4 Å². The SMILES string of the molecule is O=C(Cc1noc2ccccc12)N1CCN(S(=O)(=O)c2cccs2)CC1. The fraction of sp³-hybridized carbons (Fsp3) is 0.294. The molecule has 0 N–H and O–H groups in total. The molecule has 0 bridgehead atoms. The van der Waals surface area contributed by atoms with Gasteiger partial charge in [-0.15, -0.1) is 11.3 Å². The number of amides is 1. The lowest BCUT2D eigenvalue weighted by molar-refractivity contribution is -0.131. The lowest BCUT2D eigenvalue weighted by Crippen LogP contribution is -2.50. The molecule has 1 fully saturated rings. The number of aromatic nitrogens is 1. The van der Waals surface area contributed by atoms with Crippen molar-refractivity contribution < 1.29 is 17.7 Å². The average molecular weight is 391 g/mol. The third-order valence-electron chi connectivity index (χ3n) is 4.45. The van der Waals surface area contributed by atoms with E-state index < -0.39 is 10.0 Å². The maximum atomic E-state index is 12.6. The van der Waals surface area contributed by atoms with Crippen molar-refractivity contribution in [1.82, 2.24) is 14.4 Å². The van der Waals surface area contributed by atoms with Gasteiger partial charge in [-0.3, -0.25) is 4.79 Å². The second-order valence-electron chi connectivity index (χ2n) is 6.02. The zero-order valence-corrected chi connectivity index (χ0v) is 15.5. The maximum absolute atomic E-state index is 12.6. The van der Waals surface area contributed by atoms with E-state index in [9.17, 15) is 13.2 Å². The van der Waals surface area contributed by atoms with E-state index in [2.05, 4.69) is 5.16 Å². The van der Waals surface area contributed by atoms with E-state index in [1.807, 2.05) is 24.3 Å². The maximum Gasteiger partial charge on any atom is 0.252 e. The van der Waals surface area contributed by atoms with Crippen LogP contribution < -0.4 is 0 Å². The van der Waals surface area contributed by atoms with Crippen molar-refractivity contribution in [3.8, 4) is 0 Å². The molecular formula is C17H17N3O4S2. The number of fused-ring (bicyclic) bond motifs is 1. The monoisotopic (exact) mass is 391 g/mol. The van der Waals surface area contributed by atoms with Crippen LogP contribution in [-0.4, -0.2) is 54.9 Å². The third kappa shape index (κ3) is 3.13. The van der Waals surface area contributed by atoms with Gasteiger partial charge in [0.25, 0.3) is 10.0 Å². The summed E-state index contributed by atoms with van der Waals surface area (Å²) in [5, 5.41) is 6.57. The van der Waals surface area contributed by atoms with Gasteiger partial charge in [0.15, 0.2) is 5.58 Å². The van der Waals surface area contributed by atoms with E-state index in [4.69, 9.17) is 4.52 Å². The second-order valence-corrected chi connectivity index (χ2v) is 9.13. The van der Waals surface area contributed by atoms with Gasteiger partial charge in [0.05, 0.1) is 6.42 Å². The minimum atomic E-state index is -3.46. The van der Waals surface area contributed by atoms with Crippen LogP contribution >= 0.6 is 11.3 Å². The van der Waals surface area contributed by atoms with Crippen molar-refractivity contribution in [3.05, 3.63) is 47.5 Å². The average Bonchev–Trinajstić information content (AvgIpc) is 3.33. The van der Waals surface area contributed by atoms with E-state index >= 15 is 0 Å². The number of carbonyl (C=O) groups excluding carboxylic acids is 1. The van der Waals surface area contributed by atoms with Gasteiger partial charge in [-0.1, -0.05) is 23.4 Å². The third-order valence-corrected chi connectivity index (χ3v) is 7.72. The van der Waals surface area contributed by atoms with E-state index in [-0.39, 0.29) is 12.3 Å². The molecule has 1 aliphatic rings. The van der Waals surface area contributed by atoms with Crippen LogP contribution in [0.5, 0.6) is 0 Å². The fourth-order valence-electron chi connectivity index (χ4n) is 3.04. The van der Waals surface area contributed by atoms with Gasteiger partial charge in [-0.2, -0.15) is 4.31 Å². The minimum Gasteiger partial charge on any atom is -0.356 e. The number of sulfonamides is 1. The van der Waals surface area contributed by atoms with Gasteiger partial charge in [-0.25, -0.2) is 8.42 Å². The molecule has 0 spiro atoms. The molecule has 9 heteroatoms. The molecule has 0 atom stereocenters. The van der Waals surface area contributed by atoms with Crippen LogP contribution in [0, 0.1) is 0 Å². The first-order chi connectivity index (χ1) is 12.6. The van der Waals surface area contributed by atoms with Gasteiger partial charge < -0.3 is 9.42 Å². The molecule has 3 heterocycles. The first-order valence-corrected chi connectivity index (χ1v) is 10.5. The van der Waals surface area contributed by atoms with E-state index in [1.165, 1.54) is 15.6 Å². The zero-order chi connectivity index (χ0) is 18.1. The molecule has 1 amide bonds. The highest BCUT2D eigenvalue weighted by Gasteiger charge is 2.31. The second kappa shape index (κ2) is 6.82. The summed E-state index contributed by atoms with van der Waals surface area (Å²) in [5.41, 5.74) is 1.27. The highest BCUT2D eigenvalue weighted by atomic mass is 32.2. The number of benzene rings is 1. The zero-order valence-electron chi connectivity index (χ0n) is 13.9. The Kier molecular flexibility index (Phi) is 4.51. The number of rotatable bonds is 4. The summed E-state index contributed by atoms with van der Waals surface area (Å²) < 4.78 is 32.1. The standard InChI is InChI=1S/C17H17N3O4S2/c21-16(12-14-13-4-1-2-5-15(13)24-18-14)19-7-9-20(10-8-19)26(22,23)17-6-3-11-25-17/h1-6,11H,7-10,12H2. The van der Waals surface area contributed by atoms with Crippen LogP contribution in [0.1, 0.15) is 5.69 Å². The Balaban J connectivity index is 1.41. The molecule has 0 aliphatic carbocycles. The molecular weight excluding hydrogens is 374 g/mol. The van der Waals surface area contributed by atoms with Gasteiger partial charge in [0, 0.05) is 31.6 Å². The normalized spacial score (nSPS) is 16.2. The molecule has 3 aromatic rings. The molecule has 4 rings (SSSR count). The predicted molar refractivity (Wildman–Crippen MR) is 97.4 cm³/mol. The Morgan fingerprint density at radius 3 is 2.62 bits per heavy atom. The molecule has 2 aromatic heterocycles. The number of hydrogen-bond acceptors (Lipinski definition) is 6.